The maximum atomic E-state index is 15.3. The van der Waals surface area contributed by atoms with E-state index >= 15 is 8.78 Å². The number of nitrogens with one attached hydrogen (secondary N) is 3. The molecule has 3 amide bonds. The quantitative estimate of drug-likeness (QED) is 0.0810. The van der Waals surface area contributed by atoms with Crippen molar-refractivity contribution in [2.45, 2.75) is 70.3 Å². The van der Waals surface area contributed by atoms with Gasteiger partial charge in [0.1, 0.15) is 30.3 Å². The third-order valence-corrected chi connectivity index (χ3v) is 19.1. The number of piperidine rings is 2. The van der Waals surface area contributed by atoms with Crippen LogP contribution in [0, 0.1) is 17.6 Å². The largest absolute Gasteiger partial charge is 0.494 e. The molecule has 10 rings (SSSR count). The lowest BCUT2D eigenvalue weighted by molar-refractivity contribution is -0.137. The molecule has 0 bridgehead atoms. The molecule has 1 unspecified atom stereocenters. The summed E-state index contributed by atoms with van der Waals surface area (Å²) >= 11 is 3.66. The minimum absolute atomic E-state index is 0.0282. The van der Waals surface area contributed by atoms with E-state index in [-0.39, 0.29) is 30.2 Å². The zero-order valence-electron chi connectivity index (χ0n) is 39.6. The smallest absolute Gasteiger partial charge is 0.234 e. The number of aromatic nitrogens is 2. The van der Waals surface area contributed by atoms with Gasteiger partial charge in [0, 0.05) is 112 Å². The van der Waals surface area contributed by atoms with E-state index in [2.05, 4.69) is 83.9 Å². The first-order valence-electron chi connectivity index (χ1n) is 24.6. The fraction of sp³-hybridized carbons (Fsp3) is 0.442. The monoisotopic (exact) mass is 1040 g/mol. The Balaban J connectivity index is 0.744. The van der Waals surface area contributed by atoms with E-state index in [1.807, 2.05) is 28.0 Å². The predicted octanol–water partition coefficient (Wildman–Crippen LogP) is 8.67. The average molecular weight is 1040 g/mol. The van der Waals surface area contributed by atoms with Crippen LogP contribution in [0.5, 0.6) is 5.75 Å². The van der Waals surface area contributed by atoms with Gasteiger partial charge in [0.2, 0.25) is 23.7 Å². The van der Waals surface area contributed by atoms with Crippen molar-refractivity contribution in [3.63, 3.8) is 0 Å². The van der Waals surface area contributed by atoms with Gasteiger partial charge in [-0.05, 0) is 101 Å². The number of carbonyl (C=O) groups is 3. The van der Waals surface area contributed by atoms with Gasteiger partial charge < -0.3 is 34.6 Å². The lowest BCUT2D eigenvalue weighted by Gasteiger charge is -2.44. The summed E-state index contributed by atoms with van der Waals surface area (Å²) in [7, 11) is -0.928. The maximum Gasteiger partial charge on any atom is 0.234 e. The van der Waals surface area contributed by atoms with E-state index in [1.54, 1.807) is 13.3 Å². The molecule has 2 atom stereocenters. The highest BCUT2D eigenvalue weighted by Gasteiger charge is 2.38. The molecule has 6 heterocycles. The summed E-state index contributed by atoms with van der Waals surface area (Å²) in [4.78, 5) is 56.0. The van der Waals surface area contributed by atoms with Gasteiger partial charge >= 0.3 is 0 Å². The molecular weight excluding hydrogens is 980 g/mol. The van der Waals surface area contributed by atoms with Gasteiger partial charge in [-0.2, -0.15) is 4.98 Å². The second-order valence-electron chi connectivity index (χ2n) is 19.2. The van der Waals surface area contributed by atoms with Crippen molar-refractivity contribution >= 4 is 91.4 Å². The molecule has 5 aliphatic heterocycles. The number of carbonyl (C=O) groups excluding carboxylic acids is 3. The molecule has 5 fully saturated rings. The summed E-state index contributed by atoms with van der Waals surface area (Å²) in [6.07, 6.45) is 8.53. The second kappa shape index (κ2) is 20.2. The van der Waals surface area contributed by atoms with Crippen molar-refractivity contribution in [2.75, 3.05) is 92.2 Å². The lowest BCUT2D eigenvalue weighted by Crippen LogP contribution is -2.55. The number of rotatable bonds is 12. The lowest BCUT2D eigenvalue weighted by atomic mass is 9.89. The van der Waals surface area contributed by atoms with E-state index in [0.29, 0.717) is 78.6 Å². The molecule has 1 aromatic heterocycles. The number of anilines is 6. The molecule has 18 heteroatoms. The Morgan fingerprint density at radius 3 is 2.33 bits per heavy atom. The predicted molar refractivity (Wildman–Crippen MR) is 274 cm³/mol. The topological polar surface area (TPSA) is 152 Å². The van der Waals surface area contributed by atoms with Crippen LogP contribution in [0.15, 0.2) is 71.3 Å². The number of benzene rings is 4. The van der Waals surface area contributed by atoms with E-state index in [4.69, 9.17) is 9.72 Å². The molecule has 5 aromatic rings. The van der Waals surface area contributed by atoms with Crippen molar-refractivity contribution in [2.24, 2.45) is 5.92 Å². The molecule has 368 valence electrons. The molecule has 4 aromatic carbocycles. The number of hydrogen-bond acceptors (Lipinski definition) is 12. The fourth-order valence-corrected chi connectivity index (χ4v) is 15.0. The summed E-state index contributed by atoms with van der Waals surface area (Å²) in [5, 5.41) is 12.1. The third-order valence-electron chi connectivity index (χ3n) is 15.1. The van der Waals surface area contributed by atoms with Crippen LogP contribution in [0.1, 0.15) is 68.9 Å². The van der Waals surface area contributed by atoms with Crippen LogP contribution in [0.4, 0.5) is 43.3 Å². The van der Waals surface area contributed by atoms with Gasteiger partial charge in [0.05, 0.1) is 34.8 Å². The number of fused-ring (bicyclic) bond motifs is 1. The van der Waals surface area contributed by atoms with Crippen LogP contribution in [0.25, 0.3) is 10.8 Å². The number of imide groups is 1. The van der Waals surface area contributed by atoms with Crippen molar-refractivity contribution < 1.29 is 32.5 Å². The van der Waals surface area contributed by atoms with Crippen LogP contribution in [-0.4, -0.2) is 115 Å². The Hall–Kier alpha value is -5.64. The van der Waals surface area contributed by atoms with Crippen molar-refractivity contribution in [3.05, 3.63) is 94.1 Å². The molecule has 70 heavy (non-hydrogen) atoms. The van der Waals surface area contributed by atoms with Gasteiger partial charge in [-0.15, -0.1) is 0 Å². The number of ether oxygens (including phenoxy) is 1. The van der Waals surface area contributed by atoms with Gasteiger partial charge in [-0.3, -0.25) is 24.6 Å². The van der Waals surface area contributed by atoms with Gasteiger partial charge in [-0.25, -0.2) is 13.8 Å². The van der Waals surface area contributed by atoms with Crippen LogP contribution in [-0.2, 0) is 25.4 Å². The summed E-state index contributed by atoms with van der Waals surface area (Å²) in [5.74, 6) is -2.38. The van der Waals surface area contributed by atoms with Crippen molar-refractivity contribution in [1.29, 1.82) is 0 Å². The Morgan fingerprint density at radius 1 is 0.886 bits per heavy atom. The zero-order chi connectivity index (χ0) is 48.7. The fourth-order valence-electron chi connectivity index (χ4n) is 11.4. The van der Waals surface area contributed by atoms with Crippen molar-refractivity contribution in [3.8, 4) is 5.75 Å². The highest BCUT2D eigenvalue weighted by molar-refractivity contribution is 9.10. The molecule has 0 spiro atoms. The van der Waals surface area contributed by atoms with E-state index in [1.165, 1.54) is 17.7 Å². The Kier molecular flexibility index (Phi) is 13.9. The number of methoxy groups -OCH3 is 1. The minimum Gasteiger partial charge on any atom is -0.494 e. The second-order valence-corrected chi connectivity index (χ2v) is 23.2. The molecular formula is C52H59BrF2N9O5P. The van der Waals surface area contributed by atoms with Gasteiger partial charge in [0.15, 0.2) is 0 Å². The van der Waals surface area contributed by atoms with Gasteiger partial charge in [-0.1, -0.05) is 37.3 Å². The molecule has 5 aliphatic rings. The molecule has 0 aliphatic carbocycles. The summed E-state index contributed by atoms with van der Waals surface area (Å²) in [6.45, 7) is 7.64. The summed E-state index contributed by atoms with van der Waals surface area (Å²) in [5.41, 5.74) is 3.91. The van der Waals surface area contributed by atoms with E-state index in [9.17, 15) is 18.9 Å². The molecule has 0 radical (unpaired) electrons. The maximum absolute atomic E-state index is 15.3. The number of halogens is 3. The highest BCUT2D eigenvalue weighted by atomic mass is 79.9. The number of aryl methyl sites for hydroxylation is 1. The summed E-state index contributed by atoms with van der Waals surface area (Å²) in [6, 6.07) is 19.3. The average Bonchev–Trinajstić information content (AvgIpc) is 4.05. The van der Waals surface area contributed by atoms with Crippen LogP contribution < -0.4 is 35.8 Å². The SMILES string of the molecule is CCc1cc(Nc2ncc(Br)c(Nc3ccc4ccccc4c3P3(=O)CCCC3)n2)c(OC)cc1N1CCC(N2CCN(C(=O)[C@@H]3CCN(c4cc(F)c(C5CCC(=O)NC5=O)c(F)c4)C3)CC2)CC1. The Labute approximate surface area is 415 Å². The molecule has 0 saturated carbocycles. The Bertz CT molecular complexity index is 2860. The highest BCUT2D eigenvalue weighted by Crippen LogP contribution is 2.54. The molecule has 14 nitrogen and oxygen atoms in total. The Morgan fingerprint density at radius 2 is 1.61 bits per heavy atom. The van der Waals surface area contributed by atoms with Crippen LogP contribution >= 0.6 is 23.1 Å². The first-order chi connectivity index (χ1) is 33.9. The first-order valence-corrected chi connectivity index (χ1v) is 27.5. The van der Waals surface area contributed by atoms with E-state index < -0.39 is 36.5 Å². The number of piperazine rings is 1. The normalized spacial score (nSPS) is 21.1. The van der Waals surface area contributed by atoms with Crippen LogP contribution in [0.3, 0.4) is 0 Å². The van der Waals surface area contributed by atoms with Crippen LogP contribution in [0.2, 0.25) is 0 Å². The molecule has 5 saturated heterocycles. The number of amides is 3. The zero-order valence-corrected chi connectivity index (χ0v) is 42.1. The number of hydrogen-bond donors (Lipinski definition) is 3. The van der Waals surface area contributed by atoms with E-state index in [0.717, 1.165) is 91.4 Å². The molecule has 3 N–H and O–H groups in total. The van der Waals surface area contributed by atoms with Crippen molar-refractivity contribution in [1.82, 2.24) is 25.1 Å². The van der Waals surface area contributed by atoms with Gasteiger partial charge in [0.25, 0.3) is 0 Å². The number of nitrogens with zero attached hydrogens (tertiary/aromatic N) is 6. The first kappa shape index (κ1) is 48.0. The third kappa shape index (κ3) is 9.60. The standard InChI is InChI=1S/C52H59BrF2N9O5P/c1-3-32-26-43(58-52-56-30-39(53)49(60-52)57-42-12-10-33-8-4-5-9-37(33)48(42)70(68)24-6-7-25-70)45(69-2)29-44(32)62-18-15-35(16-19-62)61-20-22-63(23-21-61)51(67)34-14-17-64(31-34)36-27-40(54)47(41(55)28-36)38-11-13-46(65)59-50(38)66/h4-5,8-10,12,26-30,34-35,38H,3,6-7,11,13-25,31H2,1-2H3,(H,59,65,66)(H2,56,57,58,60)/t34-,38?/m1/s1. The summed E-state index contributed by atoms with van der Waals surface area (Å²) < 4.78 is 51.7. The minimum atomic E-state index is -2.60.